The summed E-state index contributed by atoms with van der Waals surface area (Å²) in [5.41, 5.74) is 1.47. The van der Waals surface area contributed by atoms with E-state index in [0.29, 0.717) is 0 Å². The standard InChI is InChI=1S/C20H32N2/c1-17-7-5-6-10-20(17)21-19-12-15-22(16-13-19)14-11-18-8-3-2-4-9-18/h2-4,8-9,17,19-21H,5-7,10-16H2,1H3. The molecule has 0 aromatic heterocycles. The van der Waals surface area contributed by atoms with Gasteiger partial charge < -0.3 is 10.2 Å². The molecule has 1 saturated carbocycles. The van der Waals surface area contributed by atoms with Crippen LogP contribution in [0.2, 0.25) is 0 Å². The van der Waals surface area contributed by atoms with Gasteiger partial charge in [0.05, 0.1) is 0 Å². The number of piperidine rings is 1. The van der Waals surface area contributed by atoms with E-state index >= 15 is 0 Å². The van der Waals surface area contributed by atoms with Crippen molar-refractivity contribution in [3.05, 3.63) is 35.9 Å². The highest BCUT2D eigenvalue weighted by atomic mass is 15.1. The van der Waals surface area contributed by atoms with Gasteiger partial charge in [-0.3, -0.25) is 0 Å². The molecule has 0 spiro atoms. The predicted molar refractivity (Wildman–Crippen MR) is 94.2 cm³/mol. The van der Waals surface area contributed by atoms with Crippen molar-refractivity contribution < 1.29 is 0 Å². The van der Waals surface area contributed by atoms with Crippen LogP contribution in [0.1, 0.15) is 51.0 Å². The molecule has 0 radical (unpaired) electrons. The van der Waals surface area contributed by atoms with Crippen LogP contribution in [0.3, 0.4) is 0 Å². The molecule has 2 fully saturated rings. The molecule has 2 heteroatoms. The zero-order valence-corrected chi connectivity index (χ0v) is 14.1. The van der Waals surface area contributed by atoms with Gasteiger partial charge in [0.15, 0.2) is 0 Å². The predicted octanol–water partition coefficient (Wildman–Crippen LogP) is 3.86. The van der Waals surface area contributed by atoms with Gasteiger partial charge >= 0.3 is 0 Å². The van der Waals surface area contributed by atoms with Crippen molar-refractivity contribution >= 4 is 0 Å². The third-order valence-electron chi connectivity index (χ3n) is 5.71. The van der Waals surface area contributed by atoms with Crippen LogP contribution in [0.4, 0.5) is 0 Å². The molecule has 0 amide bonds. The SMILES string of the molecule is CC1CCCCC1NC1CCN(CCc2ccccc2)CC1. The Kier molecular flexibility index (Phi) is 5.91. The number of hydrogen-bond acceptors (Lipinski definition) is 2. The minimum Gasteiger partial charge on any atom is -0.311 e. The number of likely N-dealkylation sites (tertiary alicyclic amines) is 1. The number of rotatable bonds is 5. The van der Waals surface area contributed by atoms with E-state index in [0.717, 1.165) is 18.0 Å². The second kappa shape index (κ2) is 8.12. The van der Waals surface area contributed by atoms with Gasteiger partial charge in [0.25, 0.3) is 0 Å². The molecule has 3 rings (SSSR count). The first-order chi connectivity index (χ1) is 10.8. The van der Waals surface area contributed by atoms with E-state index in [1.807, 2.05) is 0 Å². The van der Waals surface area contributed by atoms with Crippen molar-refractivity contribution in [1.29, 1.82) is 0 Å². The maximum absolute atomic E-state index is 3.98. The Hall–Kier alpha value is -0.860. The van der Waals surface area contributed by atoms with E-state index in [9.17, 15) is 0 Å². The summed E-state index contributed by atoms with van der Waals surface area (Å²) in [6.45, 7) is 6.19. The molecule has 2 atom stereocenters. The average molecular weight is 300 g/mol. The fourth-order valence-electron chi connectivity index (χ4n) is 4.12. The van der Waals surface area contributed by atoms with E-state index in [-0.39, 0.29) is 0 Å². The van der Waals surface area contributed by atoms with Gasteiger partial charge in [-0.05, 0) is 56.7 Å². The van der Waals surface area contributed by atoms with Crippen LogP contribution in [-0.4, -0.2) is 36.6 Å². The maximum Gasteiger partial charge on any atom is 0.00953 e. The lowest BCUT2D eigenvalue weighted by Gasteiger charge is -2.37. The van der Waals surface area contributed by atoms with Gasteiger partial charge in [0, 0.05) is 18.6 Å². The highest BCUT2D eigenvalue weighted by Gasteiger charge is 2.26. The van der Waals surface area contributed by atoms with Crippen LogP contribution in [0.5, 0.6) is 0 Å². The molecular weight excluding hydrogens is 268 g/mol. The first-order valence-corrected chi connectivity index (χ1v) is 9.33. The molecule has 122 valence electrons. The summed E-state index contributed by atoms with van der Waals surface area (Å²) in [6.07, 6.45) is 9.55. The van der Waals surface area contributed by atoms with Crippen LogP contribution in [-0.2, 0) is 6.42 Å². The van der Waals surface area contributed by atoms with Crippen molar-refractivity contribution in [3.8, 4) is 0 Å². The largest absolute Gasteiger partial charge is 0.311 e. The van der Waals surface area contributed by atoms with Crippen LogP contribution < -0.4 is 5.32 Å². The second-order valence-electron chi connectivity index (χ2n) is 7.39. The minimum absolute atomic E-state index is 0.763. The summed E-state index contributed by atoms with van der Waals surface area (Å²) >= 11 is 0. The molecule has 1 aromatic rings. The summed E-state index contributed by atoms with van der Waals surface area (Å²) in [4.78, 5) is 2.65. The van der Waals surface area contributed by atoms with E-state index < -0.39 is 0 Å². The Balaban J connectivity index is 1.37. The molecule has 22 heavy (non-hydrogen) atoms. The topological polar surface area (TPSA) is 15.3 Å². The van der Waals surface area contributed by atoms with Crippen molar-refractivity contribution in [3.63, 3.8) is 0 Å². The Labute approximate surface area is 136 Å². The van der Waals surface area contributed by atoms with Crippen molar-refractivity contribution in [1.82, 2.24) is 10.2 Å². The highest BCUT2D eigenvalue weighted by molar-refractivity contribution is 5.14. The molecule has 2 aliphatic rings. The average Bonchev–Trinajstić information content (AvgIpc) is 2.57. The molecular formula is C20H32N2. The van der Waals surface area contributed by atoms with Crippen LogP contribution in [0.15, 0.2) is 30.3 Å². The quantitative estimate of drug-likeness (QED) is 0.888. The van der Waals surface area contributed by atoms with Gasteiger partial charge in [-0.1, -0.05) is 50.1 Å². The van der Waals surface area contributed by atoms with Crippen LogP contribution >= 0.6 is 0 Å². The lowest BCUT2D eigenvalue weighted by molar-refractivity contribution is 0.172. The van der Waals surface area contributed by atoms with E-state index in [2.05, 4.69) is 47.5 Å². The van der Waals surface area contributed by atoms with Crippen LogP contribution in [0, 0.1) is 5.92 Å². The molecule has 0 bridgehead atoms. The lowest BCUT2D eigenvalue weighted by Crippen LogP contribution is -2.49. The molecule has 1 heterocycles. The Morgan fingerprint density at radius 3 is 2.45 bits per heavy atom. The normalized spacial score (nSPS) is 27.9. The number of nitrogens with one attached hydrogen (secondary N) is 1. The molecule has 1 aromatic carbocycles. The van der Waals surface area contributed by atoms with Crippen molar-refractivity contribution in [2.24, 2.45) is 5.92 Å². The number of benzene rings is 1. The van der Waals surface area contributed by atoms with Gasteiger partial charge in [0.1, 0.15) is 0 Å². The summed E-state index contributed by atoms with van der Waals surface area (Å²) < 4.78 is 0. The van der Waals surface area contributed by atoms with E-state index in [1.54, 1.807) is 0 Å². The van der Waals surface area contributed by atoms with Crippen molar-refractivity contribution in [2.45, 2.75) is 64.0 Å². The van der Waals surface area contributed by atoms with Gasteiger partial charge in [-0.15, -0.1) is 0 Å². The minimum atomic E-state index is 0.763. The highest BCUT2D eigenvalue weighted by Crippen LogP contribution is 2.25. The maximum atomic E-state index is 3.98. The molecule has 2 nitrogen and oxygen atoms in total. The smallest absolute Gasteiger partial charge is 0.00953 e. The first-order valence-electron chi connectivity index (χ1n) is 9.33. The molecule has 1 aliphatic carbocycles. The van der Waals surface area contributed by atoms with Gasteiger partial charge in [0.2, 0.25) is 0 Å². The molecule has 1 saturated heterocycles. The third-order valence-corrected chi connectivity index (χ3v) is 5.71. The van der Waals surface area contributed by atoms with Crippen LogP contribution in [0.25, 0.3) is 0 Å². The van der Waals surface area contributed by atoms with E-state index in [4.69, 9.17) is 0 Å². The Morgan fingerprint density at radius 1 is 1.00 bits per heavy atom. The summed E-state index contributed by atoms with van der Waals surface area (Å²) in [6, 6.07) is 12.5. The fourth-order valence-corrected chi connectivity index (χ4v) is 4.12. The number of hydrogen-bond donors (Lipinski definition) is 1. The molecule has 2 unspecified atom stereocenters. The van der Waals surface area contributed by atoms with Crippen molar-refractivity contribution in [2.75, 3.05) is 19.6 Å². The summed E-state index contributed by atoms with van der Waals surface area (Å²) in [5, 5.41) is 3.98. The molecule has 1 N–H and O–H groups in total. The zero-order valence-electron chi connectivity index (χ0n) is 14.1. The monoisotopic (exact) mass is 300 g/mol. The third kappa shape index (κ3) is 4.57. The molecule has 1 aliphatic heterocycles. The Bertz CT molecular complexity index is 423. The summed E-state index contributed by atoms with van der Waals surface area (Å²) in [5.74, 6) is 0.880. The number of nitrogens with zero attached hydrogens (tertiary/aromatic N) is 1. The summed E-state index contributed by atoms with van der Waals surface area (Å²) in [7, 11) is 0. The Morgan fingerprint density at radius 2 is 1.73 bits per heavy atom. The van der Waals surface area contributed by atoms with Gasteiger partial charge in [-0.25, -0.2) is 0 Å². The zero-order chi connectivity index (χ0) is 15.2. The van der Waals surface area contributed by atoms with Gasteiger partial charge in [-0.2, -0.15) is 0 Å². The van der Waals surface area contributed by atoms with E-state index in [1.165, 1.54) is 70.1 Å². The second-order valence-corrected chi connectivity index (χ2v) is 7.39. The fraction of sp³-hybridized carbons (Fsp3) is 0.700. The lowest BCUT2D eigenvalue weighted by atomic mass is 9.85. The first kappa shape index (κ1) is 16.0.